The third-order valence-electron chi connectivity index (χ3n) is 5.85. The van der Waals surface area contributed by atoms with E-state index in [2.05, 4.69) is 29.1 Å². The molecule has 7 nitrogen and oxygen atoms in total. The second-order valence-corrected chi connectivity index (χ2v) is 7.84. The molecule has 4 rings (SSSR count). The smallest absolute Gasteiger partial charge is 0.254 e. The van der Waals surface area contributed by atoms with Gasteiger partial charge in [0.2, 0.25) is 5.91 Å². The fraction of sp³-hybridized carbons (Fsp3) is 0.208. The summed E-state index contributed by atoms with van der Waals surface area (Å²) in [7, 11) is 0. The molecule has 0 saturated carbocycles. The molecule has 1 aliphatic carbocycles. The molecule has 1 aromatic heterocycles. The number of aromatic nitrogens is 2. The fourth-order valence-corrected chi connectivity index (χ4v) is 4.26. The van der Waals surface area contributed by atoms with Crippen LogP contribution in [0.1, 0.15) is 45.1 Å². The van der Waals surface area contributed by atoms with E-state index in [0.717, 1.165) is 25.3 Å². The van der Waals surface area contributed by atoms with Crippen molar-refractivity contribution in [3.05, 3.63) is 88.9 Å². The maximum Gasteiger partial charge on any atom is 0.254 e. The number of nitrogens with two attached hydrogens (primary N) is 2. The minimum atomic E-state index is -0.651. The zero-order chi connectivity index (χ0) is 22.8. The Kier molecular flexibility index (Phi) is 5.77. The number of carbonyl (C=O) groups is 2. The molecule has 5 N–H and O–H groups in total. The van der Waals surface area contributed by atoms with E-state index in [9.17, 15) is 14.0 Å². The summed E-state index contributed by atoms with van der Waals surface area (Å²) in [4.78, 5) is 24.0. The Labute approximate surface area is 184 Å². The van der Waals surface area contributed by atoms with Gasteiger partial charge in [0.15, 0.2) is 0 Å². The Morgan fingerprint density at radius 1 is 1.22 bits per heavy atom. The van der Waals surface area contributed by atoms with Gasteiger partial charge >= 0.3 is 0 Å². The fourth-order valence-electron chi connectivity index (χ4n) is 4.26. The summed E-state index contributed by atoms with van der Waals surface area (Å²) in [6.45, 7) is 3.45. The van der Waals surface area contributed by atoms with Crippen LogP contribution in [0.5, 0.6) is 0 Å². The van der Waals surface area contributed by atoms with Crippen molar-refractivity contribution in [3.63, 3.8) is 0 Å². The molecule has 164 valence electrons. The van der Waals surface area contributed by atoms with Gasteiger partial charge in [-0.05, 0) is 42.5 Å². The lowest BCUT2D eigenvalue weighted by Crippen LogP contribution is -2.19. The number of aryl methyl sites for hydroxylation is 1. The molecule has 1 atom stereocenters. The van der Waals surface area contributed by atoms with E-state index in [0.29, 0.717) is 11.3 Å². The maximum absolute atomic E-state index is 14.4. The predicted octanol–water partition coefficient (Wildman–Crippen LogP) is 3.15. The van der Waals surface area contributed by atoms with E-state index in [1.807, 2.05) is 12.1 Å². The zero-order valence-corrected chi connectivity index (χ0v) is 17.5. The minimum absolute atomic E-state index is 0.0107. The van der Waals surface area contributed by atoms with Gasteiger partial charge in [0.25, 0.3) is 5.91 Å². The number of halogens is 1. The Hall–Kier alpha value is -3.94. The lowest BCUT2D eigenvalue weighted by atomic mass is 9.81. The van der Waals surface area contributed by atoms with Crippen molar-refractivity contribution in [1.29, 1.82) is 0 Å². The van der Waals surface area contributed by atoms with Crippen LogP contribution in [0.2, 0.25) is 0 Å². The summed E-state index contributed by atoms with van der Waals surface area (Å²) in [5.41, 5.74) is 15.7. The number of nitrogens with zero attached hydrogens (tertiary/aromatic N) is 2. The molecule has 0 spiro atoms. The lowest BCUT2D eigenvalue weighted by Gasteiger charge is -2.23. The minimum Gasteiger partial charge on any atom is -0.383 e. The van der Waals surface area contributed by atoms with Gasteiger partial charge < -0.3 is 16.8 Å². The van der Waals surface area contributed by atoms with Gasteiger partial charge in [-0.3, -0.25) is 9.59 Å². The van der Waals surface area contributed by atoms with Crippen molar-refractivity contribution in [2.45, 2.75) is 31.7 Å². The summed E-state index contributed by atoms with van der Waals surface area (Å²) in [5, 5.41) is 7.11. The highest BCUT2D eigenvalue weighted by molar-refractivity contribution is 6.00. The molecule has 1 unspecified atom stereocenters. The van der Waals surface area contributed by atoms with E-state index in [4.69, 9.17) is 11.5 Å². The number of carbonyl (C=O) groups excluding carboxylic acids is 2. The summed E-state index contributed by atoms with van der Waals surface area (Å²) < 4.78 is 15.8. The molecule has 0 bridgehead atoms. The van der Waals surface area contributed by atoms with E-state index < -0.39 is 17.6 Å². The first-order chi connectivity index (χ1) is 15.4. The van der Waals surface area contributed by atoms with Gasteiger partial charge in [0.05, 0.1) is 17.9 Å². The molecule has 3 aromatic rings. The van der Waals surface area contributed by atoms with Crippen molar-refractivity contribution in [2.75, 3.05) is 11.1 Å². The number of anilines is 2. The van der Waals surface area contributed by atoms with E-state index in [-0.39, 0.29) is 29.5 Å². The molecule has 2 aromatic carbocycles. The van der Waals surface area contributed by atoms with Gasteiger partial charge in [0.1, 0.15) is 17.2 Å². The van der Waals surface area contributed by atoms with Crippen LogP contribution in [-0.4, -0.2) is 21.6 Å². The Morgan fingerprint density at radius 2 is 1.97 bits per heavy atom. The van der Waals surface area contributed by atoms with Crippen molar-refractivity contribution < 1.29 is 14.0 Å². The quantitative estimate of drug-likeness (QED) is 0.518. The van der Waals surface area contributed by atoms with Gasteiger partial charge in [0, 0.05) is 11.5 Å². The maximum atomic E-state index is 14.4. The SMILES string of the molecule is C=CC(=O)Nc1c(F)cccc1Cn1nc(C2CCc3ccccc3C2)c(C(N)=O)c1N. The number of primary amides is 1. The highest BCUT2D eigenvalue weighted by Crippen LogP contribution is 2.35. The number of rotatable bonds is 6. The topological polar surface area (TPSA) is 116 Å². The van der Waals surface area contributed by atoms with Crippen LogP contribution in [0.15, 0.2) is 55.1 Å². The van der Waals surface area contributed by atoms with Crippen LogP contribution < -0.4 is 16.8 Å². The van der Waals surface area contributed by atoms with Crippen molar-refractivity contribution in [2.24, 2.45) is 5.73 Å². The molecular weight excluding hydrogens is 409 g/mol. The summed E-state index contributed by atoms with van der Waals surface area (Å²) >= 11 is 0. The average Bonchev–Trinajstić information content (AvgIpc) is 3.11. The molecular formula is C24H24FN5O2. The second-order valence-electron chi connectivity index (χ2n) is 7.84. The van der Waals surface area contributed by atoms with Crippen LogP contribution in [0.25, 0.3) is 0 Å². The van der Waals surface area contributed by atoms with Crippen LogP contribution in [0.4, 0.5) is 15.9 Å². The number of nitrogen functional groups attached to an aromatic ring is 1. The second kappa shape index (κ2) is 8.66. The Morgan fingerprint density at radius 3 is 2.69 bits per heavy atom. The number of nitrogens with one attached hydrogen (secondary N) is 1. The molecule has 0 saturated heterocycles. The number of para-hydroxylation sites is 1. The third-order valence-corrected chi connectivity index (χ3v) is 5.85. The van der Waals surface area contributed by atoms with Gasteiger partial charge in [-0.2, -0.15) is 5.10 Å². The van der Waals surface area contributed by atoms with Crippen LogP contribution >= 0.6 is 0 Å². The van der Waals surface area contributed by atoms with Gasteiger partial charge in [-0.25, -0.2) is 9.07 Å². The molecule has 1 aliphatic rings. The molecule has 2 amide bonds. The predicted molar refractivity (Wildman–Crippen MR) is 121 cm³/mol. The van der Waals surface area contributed by atoms with Gasteiger partial charge in [-0.1, -0.05) is 43.0 Å². The van der Waals surface area contributed by atoms with Crippen molar-refractivity contribution in [3.8, 4) is 0 Å². The standard InChI is InChI=1S/C24H24FN5O2/c1-2-19(31)28-21-17(8-5-9-18(21)25)13-30-23(26)20(24(27)32)22(29-30)16-11-10-14-6-3-4-7-15(14)12-16/h2-9,16H,1,10-13,26H2,(H2,27,32)(H,28,31). The van der Waals surface area contributed by atoms with Crippen molar-refractivity contribution in [1.82, 2.24) is 9.78 Å². The summed E-state index contributed by atoms with van der Waals surface area (Å²) in [5.74, 6) is -1.67. The number of benzene rings is 2. The van der Waals surface area contributed by atoms with Gasteiger partial charge in [-0.15, -0.1) is 0 Å². The monoisotopic (exact) mass is 433 g/mol. The Balaban J connectivity index is 1.71. The molecule has 0 aliphatic heterocycles. The van der Waals surface area contributed by atoms with Crippen LogP contribution in [-0.2, 0) is 24.2 Å². The van der Waals surface area contributed by atoms with E-state index in [1.165, 1.54) is 27.9 Å². The lowest BCUT2D eigenvalue weighted by molar-refractivity contribution is -0.111. The normalized spacial score (nSPS) is 15.1. The molecule has 0 fully saturated rings. The van der Waals surface area contributed by atoms with Crippen LogP contribution in [0.3, 0.4) is 0 Å². The summed E-state index contributed by atoms with van der Waals surface area (Å²) in [6.07, 6.45) is 3.47. The molecule has 8 heteroatoms. The molecule has 1 heterocycles. The molecule has 32 heavy (non-hydrogen) atoms. The van der Waals surface area contributed by atoms with E-state index in [1.54, 1.807) is 6.07 Å². The highest BCUT2D eigenvalue weighted by Gasteiger charge is 2.29. The van der Waals surface area contributed by atoms with Crippen molar-refractivity contribution >= 4 is 23.3 Å². The number of hydrogen-bond acceptors (Lipinski definition) is 4. The highest BCUT2D eigenvalue weighted by atomic mass is 19.1. The number of hydrogen-bond donors (Lipinski definition) is 3. The molecule has 0 radical (unpaired) electrons. The van der Waals surface area contributed by atoms with E-state index >= 15 is 0 Å². The Bertz CT molecular complexity index is 1220. The first-order valence-electron chi connectivity index (χ1n) is 10.3. The first kappa shape index (κ1) is 21.3. The first-order valence-corrected chi connectivity index (χ1v) is 10.3. The van der Waals surface area contributed by atoms with Crippen LogP contribution in [0, 0.1) is 5.82 Å². The largest absolute Gasteiger partial charge is 0.383 e. The third kappa shape index (κ3) is 3.99. The number of fused-ring (bicyclic) bond motifs is 1. The summed E-state index contributed by atoms with van der Waals surface area (Å²) in [6, 6.07) is 12.6. The zero-order valence-electron chi connectivity index (χ0n) is 17.5. The number of amides is 2. The average molecular weight is 433 g/mol.